The molecule has 0 saturated heterocycles. The molecule has 1 aliphatic rings. The minimum atomic E-state index is -0.194. The van der Waals surface area contributed by atoms with E-state index >= 15 is 0 Å². The molecule has 0 bridgehead atoms. The van der Waals surface area contributed by atoms with Crippen LogP contribution in [0.25, 0.3) is 0 Å². The second-order valence-corrected chi connectivity index (χ2v) is 5.93. The Morgan fingerprint density at radius 3 is 2.80 bits per heavy atom. The second-order valence-electron chi connectivity index (χ2n) is 5.93. The lowest BCUT2D eigenvalue weighted by Gasteiger charge is -2.19. The van der Waals surface area contributed by atoms with Gasteiger partial charge in [-0.3, -0.25) is 14.8 Å². The van der Waals surface area contributed by atoms with Gasteiger partial charge in [-0.1, -0.05) is 24.3 Å². The van der Waals surface area contributed by atoms with Gasteiger partial charge in [0.1, 0.15) is 5.69 Å². The van der Waals surface area contributed by atoms with E-state index in [9.17, 15) is 4.79 Å². The van der Waals surface area contributed by atoms with Crippen LogP contribution in [0.2, 0.25) is 0 Å². The normalized spacial score (nSPS) is 12.7. The molecule has 3 aromatic rings. The number of rotatable bonds is 4. The number of amides is 1. The summed E-state index contributed by atoms with van der Waals surface area (Å²) in [4.78, 5) is 23.1. The van der Waals surface area contributed by atoms with E-state index in [0.717, 1.165) is 24.3 Å². The summed E-state index contributed by atoms with van der Waals surface area (Å²) in [6.45, 7) is 1.30. The molecule has 0 fully saturated rings. The molecule has 0 unspecified atom stereocenters. The van der Waals surface area contributed by atoms with Gasteiger partial charge in [-0.15, -0.1) is 0 Å². The Balaban J connectivity index is 1.51. The van der Waals surface area contributed by atoms with Gasteiger partial charge in [0, 0.05) is 30.3 Å². The number of aromatic nitrogens is 2. The highest BCUT2D eigenvalue weighted by molar-refractivity contribution is 5.93. The third-order valence-corrected chi connectivity index (χ3v) is 4.33. The van der Waals surface area contributed by atoms with Crippen molar-refractivity contribution in [2.45, 2.75) is 13.0 Å². The maximum atomic E-state index is 12.4. The van der Waals surface area contributed by atoms with E-state index in [4.69, 9.17) is 0 Å². The average molecular weight is 330 g/mol. The van der Waals surface area contributed by atoms with Crippen molar-refractivity contribution < 1.29 is 4.79 Å². The van der Waals surface area contributed by atoms with Crippen molar-refractivity contribution in [3.63, 3.8) is 0 Å². The molecule has 0 radical (unpaired) electrons. The van der Waals surface area contributed by atoms with E-state index in [1.165, 1.54) is 11.3 Å². The molecule has 0 atom stereocenters. The fraction of sp³-hybridized carbons (Fsp3) is 0.150. The molecule has 124 valence electrons. The molecule has 1 aliphatic heterocycles. The van der Waals surface area contributed by atoms with E-state index in [0.29, 0.717) is 12.2 Å². The first-order valence-electron chi connectivity index (χ1n) is 8.31. The number of hydrogen-bond acceptors (Lipinski definition) is 4. The molecule has 0 spiro atoms. The zero-order valence-corrected chi connectivity index (χ0v) is 13.7. The predicted octanol–water partition coefficient (Wildman–Crippen LogP) is 3.10. The minimum absolute atomic E-state index is 0.194. The van der Waals surface area contributed by atoms with Gasteiger partial charge in [-0.25, -0.2) is 0 Å². The lowest BCUT2D eigenvalue weighted by atomic mass is 10.2. The zero-order chi connectivity index (χ0) is 17.1. The standard InChI is InChI=1S/C20H18N4O/c25-20(23-14-16-6-3-4-10-21-16)18-13-17(8-11-22-18)24-12-9-15-5-1-2-7-19(15)24/h1-8,10-11,13H,9,12,14H2,(H,23,25). The molecule has 5 heteroatoms. The van der Waals surface area contributed by atoms with Gasteiger partial charge >= 0.3 is 0 Å². The van der Waals surface area contributed by atoms with Crippen molar-refractivity contribution in [3.05, 3.63) is 83.9 Å². The summed E-state index contributed by atoms with van der Waals surface area (Å²) >= 11 is 0. The molecule has 1 N–H and O–H groups in total. The topological polar surface area (TPSA) is 58.1 Å². The maximum Gasteiger partial charge on any atom is 0.270 e. The Labute approximate surface area is 146 Å². The molecule has 0 aliphatic carbocycles. The van der Waals surface area contributed by atoms with Gasteiger partial charge < -0.3 is 10.2 Å². The highest BCUT2D eigenvalue weighted by atomic mass is 16.1. The van der Waals surface area contributed by atoms with Crippen molar-refractivity contribution in [3.8, 4) is 0 Å². The summed E-state index contributed by atoms with van der Waals surface area (Å²) in [6.07, 6.45) is 4.41. The Morgan fingerprint density at radius 1 is 1.04 bits per heavy atom. The van der Waals surface area contributed by atoms with Crippen LogP contribution in [-0.2, 0) is 13.0 Å². The van der Waals surface area contributed by atoms with E-state index in [2.05, 4.69) is 38.4 Å². The number of anilines is 2. The van der Waals surface area contributed by atoms with Gasteiger partial charge in [-0.2, -0.15) is 0 Å². The number of pyridine rings is 2. The molecule has 1 amide bonds. The van der Waals surface area contributed by atoms with Gasteiger partial charge in [0.05, 0.1) is 12.2 Å². The molecule has 5 nitrogen and oxygen atoms in total. The lowest BCUT2D eigenvalue weighted by molar-refractivity contribution is 0.0945. The first-order valence-corrected chi connectivity index (χ1v) is 8.31. The quantitative estimate of drug-likeness (QED) is 0.798. The fourth-order valence-corrected chi connectivity index (χ4v) is 3.08. The number of benzene rings is 1. The molecule has 2 aromatic heterocycles. The summed E-state index contributed by atoms with van der Waals surface area (Å²) in [5, 5.41) is 2.87. The smallest absolute Gasteiger partial charge is 0.270 e. The molecule has 0 saturated carbocycles. The number of nitrogens with zero attached hydrogens (tertiary/aromatic N) is 3. The van der Waals surface area contributed by atoms with Gasteiger partial charge in [-0.05, 0) is 42.3 Å². The molecule has 25 heavy (non-hydrogen) atoms. The van der Waals surface area contributed by atoms with Gasteiger partial charge in [0.2, 0.25) is 0 Å². The summed E-state index contributed by atoms with van der Waals surface area (Å²) in [5.41, 5.74) is 4.76. The second kappa shape index (κ2) is 6.73. The number of carbonyl (C=O) groups excluding carboxylic acids is 1. The number of fused-ring (bicyclic) bond motifs is 1. The largest absolute Gasteiger partial charge is 0.345 e. The van der Waals surface area contributed by atoms with Crippen LogP contribution in [0, 0.1) is 0 Å². The lowest BCUT2D eigenvalue weighted by Crippen LogP contribution is -2.24. The van der Waals surface area contributed by atoms with Crippen LogP contribution in [0.5, 0.6) is 0 Å². The van der Waals surface area contributed by atoms with Crippen molar-refractivity contribution in [1.29, 1.82) is 0 Å². The summed E-state index contributed by atoms with van der Waals surface area (Å²) in [7, 11) is 0. The van der Waals surface area contributed by atoms with E-state index < -0.39 is 0 Å². The van der Waals surface area contributed by atoms with E-state index in [1.54, 1.807) is 12.4 Å². The Hall–Kier alpha value is -3.21. The monoisotopic (exact) mass is 330 g/mol. The highest BCUT2D eigenvalue weighted by Crippen LogP contribution is 2.34. The molecule has 4 rings (SSSR count). The number of hydrogen-bond donors (Lipinski definition) is 1. The molecular formula is C20H18N4O. The van der Waals surface area contributed by atoms with Crippen LogP contribution in [0.4, 0.5) is 11.4 Å². The van der Waals surface area contributed by atoms with Gasteiger partial charge in [0.25, 0.3) is 5.91 Å². The van der Waals surface area contributed by atoms with Gasteiger partial charge in [0.15, 0.2) is 0 Å². The first-order chi connectivity index (χ1) is 12.3. The first kappa shape index (κ1) is 15.3. The molecule has 1 aromatic carbocycles. The van der Waals surface area contributed by atoms with E-state index in [-0.39, 0.29) is 5.91 Å². The Morgan fingerprint density at radius 2 is 1.92 bits per heavy atom. The predicted molar refractivity (Wildman–Crippen MR) is 96.8 cm³/mol. The fourth-order valence-electron chi connectivity index (χ4n) is 3.08. The number of nitrogens with one attached hydrogen (secondary N) is 1. The van der Waals surface area contributed by atoms with Crippen LogP contribution in [0.15, 0.2) is 67.0 Å². The van der Waals surface area contributed by atoms with Crippen LogP contribution in [0.1, 0.15) is 21.7 Å². The molecular weight excluding hydrogens is 312 g/mol. The highest BCUT2D eigenvalue weighted by Gasteiger charge is 2.20. The van der Waals surface area contributed by atoms with Crippen molar-refractivity contribution >= 4 is 17.3 Å². The maximum absolute atomic E-state index is 12.4. The van der Waals surface area contributed by atoms with E-state index in [1.807, 2.05) is 36.4 Å². The van der Waals surface area contributed by atoms with Crippen molar-refractivity contribution in [2.75, 3.05) is 11.4 Å². The van der Waals surface area contributed by atoms with Crippen LogP contribution in [-0.4, -0.2) is 22.4 Å². The Kier molecular flexibility index (Phi) is 4.12. The van der Waals surface area contributed by atoms with Crippen molar-refractivity contribution in [2.24, 2.45) is 0 Å². The minimum Gasteiger partial charge on any atom is -0.345 e. The van der Waals surface area contributed by atoms with Crippen LogP contribution < -0.4 is 10.2 Å². The zero-order valence-electron chi connectivity index (χ0n) is 13.7. The SMILES string of the molecule is O=C(NCc1ccccn1)c1cc(N2CCc3ccccc32)ccn1. The average Bonchev–Trinajstić information content (AvgIpc) is 3.11. The third kappa shape index (κ3) is 3.21. The van der Waals surface area contributed by atoms with Crippen molar-refractivity contribution in [1.82, 2.24) is 15.3 Å². The summed E-state index contributed by atoms with van der Waals surface area (Å²) in [5.74, 6) is -0.194. The summed E-state index contributed by atoms with van der Waals surface area (Å²) < 4.78 is 0. The number of carbonyl (C=O) groups is 1. The Bertz CT molecular complexity index is 895. The van der Waals surface area contributed by atoms with Crippen LogP contribution >= 0.6 is 0 Å². The third-order valence-electron chi connectivity index (χ3n) is 4.33. The number of para-hydroxylation sites is 1. The molecule has 3 heterocycles. The van der Waals surface area contributed by atoms with Crippen LogP contribution in [0.3, 0.4) is 0 Å². The summed E-state index contributed by atoms with van der Waals surface area (Å²) in [6, 6.07) is 17.8.